The third-order valence-corrected chi connectivity index (χ3v) is 7.44. The molecule has 1 aromatic heterocycles. The van der Waals surface area contributed by atoms with Gasteiger partial charge in [0.2, 0.25) is 0 Å². The van der Waals surface area contributed by atoms with Crippen molar-refractivity contribution >= 4 is 21.5 Å². The molecule has 1 saturated heterocycles. The monoisotopic (exact) mass is 413 g/mol. The number of nitrogens with zero attached hydrogens (tertiary/aromatic N) is 1. The highest BCUT2D eigenvalue weighted by atomic mass is 32.2. The first-order chi connectivity index (χ1) is 14.0. The third kappa shape index (κ3) is 4.12. The molecule has 0 spiro atoms. The van der Waals surface area contributed by atoms with Crippen molar-refractivity contribution < 1.29 is 23.4 Å². The molecule has 152 valence electrons. The van der Waals surface area contributed by atoms with E-state index < -0.39 is 15.1 Å². The minimum absolute atomic E-state index is 0.0738. The summed E-state index contributed by atoms with van der Waals surface area (Å²) < 4.78 is 30.4. The maximum absolute atomic E-state index is 12.3. The number of pyridine rings is 1. The number of hydrogen-bond donors (Lipinski definition) is 2. The Labute approximate surface area is 170 Å². The fourth-order valence-electron chi connectivity index (χ4n) is 4.07. The average molecular weight is 413 g/mol. The largest absolute Gasteiger partial charge is 0.508 e. The van der Waals surface area contributed by atoms with Crippen LogP contribution in [0.5, 0.6) is 5.75 Å². The molecule has 7 heteroatoms. The Hall–Kier alpha value is -2.48. The van der Waals surface area contributed by atoms with Crippen molar-refractivity contribution in [3.63, 3.8) is 0 Å². The molecule has 2 aliphatic rings. The summed E-state index contributed by atoms with van der Waals surface area (Å²) in [5.41, 5.74) is 3.96. The van der Waals surface area contributed by atoms with Crippen molar-refractivity contribution in [1.82, 2.24) is 4.98 Å². The molecule has 0 bridgehead atoms. The lowest BCUT2D eigenvalue weighted by molar-refractivity contribution is 0.118. The second kappa shape index (κ2) is 8.10. The highest BCUT2D eigenvalue weighted by Gasteiger charge is 2.46. The fraction of sp³-hybridized carbons (Fsp3) is 0.318. The molecule has 2 atom stereocenters. The summed E-state index contributed by atoms with van der Waals surface area (Å²) in [6, 6.07) is 12.7. The highest BCUT2D eigenvalue weighted by molar-refractivity contribution is 7.92. The maximum atomic E-state index is 12.3. The van der Waals surface area contributed by atoms with Gasteiger partial charge in [0.25, 0.3) is 0 Å². The first-order valence-corrected chi connectivity index (χ1v) is 11.3. The first kappa shape index (κ1) is 19.8. The van der Waals surface area contributed by atoms with Crippen LogP contribution < -0.4 is 0 Å². The van der Waals surface area contributed by atoms with Crippen LogP contribution in [0.25, 0.3) is 11.6 Å². The Morgan fingerprint density at radius 3 is 2.83 bits per heavy atom. The number of fused-ring (bicyclic) bond motifs is 1. The maximum Gasteiger partial charge on any atom is 0.163 e. The molecular weight excluding hydrogens is 390 g/mol. The van der Waals surface area contributed by atoms with Gasteiger partial charge in [-0.3, -0.25) is 4.98 Å². The van der Waals surface area contributed by atoms with E-state index >= 15 is 0 Å². The van der Waals surface area contributed by atoms with E-state index in [1.807, 2.05) is 30.3 Å². The lowest BCUT2D eigenvalue weighted by atomic mass is 9.95. The second-order valence-electron chi connectivity index (χ2n) is 7.35. The predicted octanol–water partition coefficient (Wildman–Crippen LogP) is 2.59. The van der Waals surface area contributed by atoms with E-state index in [9.17, 15) is 18.6 Å². The zero-order valence-corrected chi connectivity index (χ0v) is 16.7. The summed E-state index contributed by atoms with van der Waals surface area (Å²) in [7, 11) is -3.28. The molecule has 6 nitrogen and oxygen atoms in total. The van der Waals surface area contributed by atoms with Gasteiger partial charge in [-0.25, -0.2) is 8.42 Å². The summed E-state index contributed by atoms with van der Waals surface area (Å²) in [6.45, 7) is -0.0990. The summed E-state index contributed by atoms with van der Waals surface area (Å²) in [6.07, 6.45) is 4.58. The van der Waals surface area contributed by atoms with Gasteiger partial charge in [0.15, 0.2) is 9.84 Å². The molecule has 2 aromatic rings. The van der Waals surface area contributed by atoms with Gasteiger partial charge in [0.05, 0.1) is 30.8 Å². The smallest absolute Gasteiger partial charge is 0.163 e. The summed E-state index contributed by atoms with van der Waals surface area (Å²) >= 11 is 0. The van der Waals surface area contributed by atoms with Crippen LogP contribution in [-0.2, 0) is 14.6 Å². The Balaban J connectivity index is 1.60. The number of aliphatic hydroxyl groups excluding tert-OH is 1. The Bertz CT molecular complexity index is 1060. The van der Waals surface area contributed by atoms with E-state index in [2.05, 4.69) is 4.98 Å². The van der Waals surface area contributed by atoms with Crippen LogP contribution in [0.2, 0.25) is 0 Å². The predicted molar refractivity (Wildman–Crippen MR) is 111 cm³/mol. The quantitative estimate of drug-likeness (QED) is 0.707. The molecule has 0 aliphatic carbocycles. The minimum Gasteiger partial charge on any atom is -0.508 e. The Morgan fingerprint density at radius 1 is 1.24 bits per heavy atom. The molecule has 2 aliphatic heterocycles. The van der Waals surface area contributed by atoms with Gasteiger partial charge in [-0.2, -0.15) is 0 Å². The van der Waals surface area contributed by atoms with Crippen LogP contribution in [0.3, 0.4) is 0 Å². The normalized spacial score (nSPS) is 23.4. The van der Waals surface area contributed by atoms with E-state index in [1.165, 1.54) is 0 Å². The van der Waals surface area contributed by atoms with Gasteiger partial charge < -0.3 is 14.9 Å². The molecule has 3 heterocycles. The van der Waals surface area contributed by atoms with Crippen molar-refractivity contribution in [3.8, 4) is 5.75 Å². The second-order valence-corrected chi connectivity index (χ2v) is 9.54. The lowest BCUT2D eigenvalue weighted by Crippen LogP contribution is -2.19. The number of sulfone groups is 1. The van der Waals surface area contributed by atoms with E-state index in [4.69, 9.17) is 4.74 Å². The van der Waals surface area contributed by atoms with Crippen LogP contribution in [-0.4, -0.2) is 53.9 Å². The topological polar surface area (TPSA) is 96.7 Å². The molecule has 4 rings (SSSR count). The molecule has 0 amide bonds. The van der Waals surface area contributed by atoms with E-state index in [1.54, 1.807) is 24.4 Å². The Morgan fingerprint density at radius 2 is 2.10 bits per heavy atom. The number of aromatic hydroxyl groups is 1. The van der Waals surface area contributed by atoms with E-state index in [0.29, 0.717) is 18.4 Å². The van der Waals surface area contributed by atoms with Crippen LogP contribution in [0, 0.1) is 0 Å². The number of ether oxygens (including phenoxy) is 1. The Kier molecular flexibility index (Phi) is 5.54. The average Bonchev–Trinajstić information content (AvgIpc) is 3.25. The van der Waals surface area contributed by atoms with Gasteiger partial charge >= 0.3 is 0 Å². The summed E-state index contributed by atoms with van der Waals surface area (Å²) in [5, 5.41) is 18.7. The van der Waals surface area contributed by atoms with Gasteiger partial charge in [-0.15, -0.1) is 0 Å². The number of aliphatic hydroxyl groups is 1. The molecule has 2 N–H and O–H groups in total. The van der Waals surface area contributed by atoms with Crippen molar-refractivity contribution in [2.75, 3.05) is 19.0 Å². The molecular formula is C22H23NO5S. The molecule has 0 unspecified atom stereocenters. The number of aromatic nitrogens is 1. The van der Waals surface area contributed by atoms with Crippen molar-refractivity contribution in [2.24, 2.45) is 0 Å². The minimum atomic E-state index is -3.28. The molecule has 1 aromatic carbocycles. The number of phenols is 1. The molecule has 0 saturated carbocycles. The first-order valence-electron chi connectivity index (χ1n) is 9.55. The number of benzene rings is 1. The number of hydrogen-bond acceptors (Lipinski definition) is 6. The summed E-state index contributed by atoms with van der Waals surface area (Å²) in [5.74, 6) is 0.116. The van der Waals surface area contributed by atoms with Crippen molar-refractivity contribution in [3.05, 3.63) is 71.1 Å². The van der Waals surface area contributed by atoms with Crippen LogP contribution >= 0.6 is 0 Å². The summed E-state index contributed by atoms with van der Waals surface area (Å²) in [4.78, 5) is 4.44. The van der Waals surface area contributed by atoms with E-state index in [-0.39, 0.29) is 30.8 Å². The molecule has 29 heavy (non-hydrogen) atoms. The zero-order chi connectivity index (χ0) is 20.4. The van der Waals surface area contributed by atoms with Crippen LogP contribution in [0.4, 0.5) is 0 Å². The number of allylic oxidation sites excluding steroid dienone is 1. The van der Waals surface area contributed by atoms with Gasteiger partial charge in [0, 0.05) is 6.20 Å². The fourth-order valence-corrected chi connectivity index (χ4v) is 6.01. The van der Waals surface area contributed by atoms with Crippen molar-refractivity contribution in [1.29, 1.82) is 0 Å². The van der Waals surface area contributed by atoms with Gasteiger partial charge in [0.1, 0.15) is 11.0 Å². The number of rotatable bonds is 6. The van der Waals surface area contributed by atoms with Crippen LogP contribution in [0.15, 0.2) is 59.8 Å². The van der Waals surface area contributed by atoms with Crippen molar-refractivity contribution in [2.45, 2.75) is 24.2 Å². The van der Waals surface area contributed by atoms with Crippen LogP contribution in [0.1, 0.15) is 24.1 Å². The van der Waals surface area contributed by atoms with E-state index in [0.717, 1.165) is 22.4 Å². The molecule has 0 radical (unpaired) electrons. The zero-order valence-electron chi connectivity index (χ0n) is 15.9. The lowest BCUT2D eigenvalue weighted by Gasteiger charge is -2.15. The third-order valence-electron chi connectivity index (χ3n) is 5.43. The SMILES string of the molecule is O=S1(=O)CC(CO)=C2[C@@H](CC/C(=C/c3cccc(O)c3)c3ccccn3)OC[C@@H]21. The number of phenolic OH excluding ortho intramolecular Hbond substituents is 1. The standard InChI is InChI=1S/C22H23NO5S/c24-12-17-14-29(26,27)21-13-28-20(22(17)21)8-7-16(19-6-1-2-9-23-19)10-15-4-3-5-18(25)11-15/h1-6,9-11,20-21,24-25H,7-8,12-14H2/b16-10-/t20-,21+/m1/s1. The molecule has 1 fully saturated rings. The van der Waals surface area contributed by atoms with Gasteiger partial charge in [-0.05, 0) is 65.5 Å². The van der Waals surface area contributed by atoms with Gasteiger partial charge in [-0.1, -0.05) is 18.2 Å². The highest BCUT2D eigenvalue weighted by Crippen LogP contribution is 2.39.